The van der Waals surface area contributed by atoms with Gasteiger partial charge in [-0.3, -0.25) is 19.3 Å². The molecule has 16 heteroatoms. The lowest BCUT2D eigenvalue weighted by Crippen LogP contribution is -2.54. The predicted molar refractivity (Wildman–Crippen MR) is 216 cm³/mol. The van der Waals surface area contributed by atoms with E-state index in [0.717, 1.165) is 21.0 Å². The second-order valence-electron chi connectivity index (χ2n) is 12.4. The molecule has 55 heavy (non-hydrogen) atoms. The molecule has 0 saturated carbocycles. The van der Waals surface area contributed by atoms with E-state index < -0.39 is 29.9 Å². The molecule has 0 bridgehead atoms. The Balaban J connectivity index is 1.49. The third-order valence-corrected chi connectivity index (χ3v) is 9.35. The molecular formula is C39H40Cl3N7O6. The second kappa shape index (κ2) is 17.8. The smallest absolute Gasteiger partial charge is 0.415 e. The van der Waals surface area contributed by atoms with Crippen molar-refractivity contribution in [3.05, 3.63) is 104 Å². The van der Waals surface area contributed by atoms with E-state index >= 15 is 0 Å². The van der Waals surface area contributed by atoms with Gasteiger partial charge in [0.25, 0.3) is 17.7 Å². The van der Waals surface area contributed by atoms with Crippen LogP contribution in [-0.2, 0) is 14.3 Å². The van der Waals surface area contributed by atoms with Gasteiger partial charge in [0.05, 0.1) is 28.0 Å². The molecule has 288 valence electrons. The first-order valence-electron chi connectivity index (χ1n) is 17.4. The fourth-order valence-electron chi connectivity index (χ4n) is 5.95. The number of ether oxygens (including phenoxy) is 2. The van der Waals surface area contributed by atoms with Crippen LogP contribution >= 0.6 is 34.8 Å². The van der Waals surface area contributed by atoms with Gasteiger partial charge in [0, 0.05) is 29.4 Å². The van der Waals surface area contributed by atoms with Gasteiger partial charge >= 0.3 is 6.09 Å². The quantitative estimate of drug-likeness (QED) is 0.147. The molecule has 1 aliphatic heterocycles. The van der Waals surface area contributed by atoms with Gasteiger partial charge in [0.1, 0.15) is 17.3 Å². The van der Waals surface area contributed by atoms with Crippen LogP contribution in [-0.4, -0.2) is 67.0 Å². The standard InChI is InChI=1S/C39H40Cl3N7O6/c1-7-47(8-2)32-16-14-30(24(6)43-32)48(39(53)54-9-3)35-36(46-49(38(35)52)34-28(41)19-26(40)20-29(34)42)45-37(51)25-11-10-12-27(18-25)44-33(50)21-55-31-15-13-22(4)17-23(31)5/h10-20,35H,7-9,21H2,1-6H3,(H,44,50)(H,45,46,51). The number of hydrogen-bond acceptors (Lipinski definition) is 9. The number of amidine groups is 1. The monoisotopic (exact) mass is 807 g/mol. The predicted octanol–water partition coefficient (Wildman–Crippen LogP) is 7.95. The van der Waals surface area contributed by atoms with E-state index in [2.05, 4.69) is 15.7 Å². The van der Waals surface area contributed by atoms with Gasteiger partial charge in [-0.15, -0.1) is 5.10 Å². The highest BCUT2D eigenvalue weighted by Gasteiger charge is 2.47. The van der Waals surface area contributed by atoms with Gasteiger partial charge in [0.15, 0.2) is 18.5 Å². The number of anilines is 4. The fraction of sp³-hybridized carbons (Fsp3) is 0.282. The molecule has 2 N–H and O–H groups in total. The number of nitrogens with one attached hydrogen (secondary N) is 2. The number of pyridine rings is 1. The molecule has 0 aliphatic carbocycles. The van der Waals surface area contributed by atoms with E-state index in [4.69, 9.17) is 49.3 Å². The van der Waals surface area contributed by atoms with E-state index in [1.165, 1.54) is 24.3 Å². The summed E-state index contributed by atoms with van der Waals surface area (Å²) in [4.78, 5) is 62.8. The number of carbonyl (C=O) groups is 4. The molecule has 3 aromatic carbocycles. The summed E-state index contributed by atoms with van der Waals surface area (Å²) in [6, 6.07) is 16.4. The average Bonchev–Trinajstić information content (AvgIpc) is 3.43. The average molecular weight is 809 g/mol. The largest absolute Gasteiger partial charge is 0.483 e. The first-order chi connectivity index (χ1) is 26.3. The van der Waals surface area contributed by atoms with Crippen molar-refractivity contribution in [1.29, 1.82) is 0 Å². The van der Waals surface area contributed by atoms with Crippen molar-refractivity contribution in [2.75, 3.05) is 46.4 Å². The summed E-state index contributed by atoms with van der Waals surface area (Å²) in [5.41, 5.74) is 3.00. The second-order valence-corrected chi connectivity index (χ2v) is 13.7. The van der Waals surface area contributed by atoms with Crippen LogP contribution in [0.1, 0.15) is 48.0 Å². The van der Waals surface area contributed by atoms with Gasteiger partial charge in [-0.25, -0.2) is 9.78 Å². The van der Waals surface area contributed by atoms with Crippen molar-refractivity contribution in [2.45, 2.75) is 47.6 Å². The molecule has 0 spiro atoms. The van der Waals surface area contributed by atoms with Crippen molar-refractivity contribution in [3.63, 3.8) is 0 Å². The molecule has 5 rings (SSSR count). The van der Waals surface area contributed by atoms with E-state index in [1.54, 1.807) is 44.2 Å². The van der Waals surface area contributed by atoms with Crippen molar-refractivity contribution in [2.24, 2.45) is 5.10 Å². The van der Waals surface area contributed by atoms with Crippen LogP contribution in [0.5, 0.6) is 5.75 Å². The Morgan fingerprint density at radius 2 is 1.60 bits per heavy atom. The first kappa shape index (κ1) is 40.8. The lowest BCUT2D eigenvalue weighted by atomic mass is 10.1. The van der Waals surface area contributed by atoms with Gasteiger partial charge in [-0.1, -0.05) is 58.6 Å². The van der Waals surface area contributed by atoms with Crippen LogP contribution < -0.4 is 30.2 Å². The molecule has 13 nitrogen and oxygen atoms in total. The Bertz CT molecular complexity index is 2140. The fourth-order valence-corrected chi connectivity index (χ4v) is 6.93. The van der Waals surface area contributed by atoms with Crippen molar-refractivity contribution in [3.8, 4) is 5.75 Å². The third-order valence-electron chi connectivity index (χ3n) is 8.56. The lowest BCUT2D eigenvalue weighted by molar-refractivity contribution is -0.118. The molecule has 0 fully saturated rings. The molecular weight excluding hydrogens is 769 g/mol. The first-order valence-corrected chi connectivity index (χ1v) is 18.6. The van der Waals surface area contributed by atoms with E-state index in [0.29, 0.717) is 36.0 Å². The maximum absolute atomic E-state index is 14.5. The summed E-state index contributed by atoms with van der Waals surface area (Å²) in [5, 5.41) is 11.0. The van der Waals surface area contributed by atoms with Crippen LogP contribution in [0.15, 0.2) is 71.8 Å². The minimum absolute atomic E-state index is 0.00463. The third kappa shape index (κ3) is 9.30. The zero-order chi connectivity index (χ0) is 40.0. The Hall–Kier alpha value is -5.37. The Morgan fingerprint density at radius 1 is 0.891 bits per heavy atom. The van der Waals surface area contributed by atoms with Crippen molar-refractivity contribution >= 4 is 87.3 Å². The number of amides is 4. The number of aryl methyl sites for hydroxylation is 3. The van der Waals surface area contributed by atoms with E-state index in [-0.39, 0.29) is 51.1 Å². The molecule has 4 amide bonds. The summed E-state index contributed by atoms with van der Waals surface area (Å²) in [6.45, 7) is 12.3. The SMILES string of the molecule is CCOC(=O)N(c1ccc(N(CC)CC)nc1C)C1C(=O)N(c2c(Cl)cc(Cl)cc2Cl)N=C1NC(=O)c1cccc(NC(=O)COc2ccc(C)cc2C)c1. The Kier molecular flexibility index (Phi) is 13.2. The zero-order valence-corrected chi connectivity index (χ0v) is 33.3. The molecule has 1 atom stereocenters. The molecule has 0 radical (unpaired) electrons. The summed E-state index contributed by atoms with van der Waals surface area (Å²) in [6.07, 6.45) is -0.897. The number of carbonyl (C=O) groups excluding carboxylic acids is 4. The molecule has 0 saturated heterocycles. The van der Waals surface area contributed by atoms with Crippen LogP contribution in [0.3, 0.4) is 0 Å². The lowest BCUT2D eigenvalue weighted by Gasteiger charge is -2.30. The summed E-state index contributed by atoms with van der Waals surface area (Å²) in [7, 11) is 0. The number of rotatable bonds is 12. The maximum atomic E-state index is 14.5. The summed E-state index contributed by atoms with van der Waals surface area (Å²) in [5.74, 6) is -0.935. The number of hydrazone groups is 1. The number of halogens is 3. The number of benzene rings is 3. The van der Waals surface area contributed by atoms with Gasteiger partial charge in [-0.05, 0) is 95.6 Å². The van der Waals surface area contributed by atoms with Gasteiger partial charge < -0.3 is 25.0 Å². The summed E-state index contributed by atoms with van der Waals surface area (Å²) >= 11 is 19.2. The molecule has 1 aromatic heterocycles. The molecule has 2 heterocycles. The van der Waals surface area contributed by atoms with Crippen LogP contribution in [0.2, 0.25) is 15.1 Å². The van der Waals surface area contributed by atoms with Crippen molar-refractivity contribution < 1.29 is 28.7 Å². The minimum atomic E-state index is -1.57. The van der Waals surface area contributed by atoms with Crippen LogP contribution in [0, 0.1) is 20.8 Å². The number of nitrogens with zero attached hydrogens (tertiary/aromatic N) is 5. The van der Waals surface area contributed by atoms with E-state index in [1.807, 2.05) is 44.7 Å². The van der Waals surface area contributed by atoms with Crippen LogP contribution in [0.4, 0.5) is 27.7 Å². The normalized spacial score (nSPS) is 13.6. The number of aromatic nitrogens is 1. The number of hydrogen-bond donors (Lipinski definition) is 2. The Morgan fingerprint density at radius 3 is 2.24 bits per heavy atom. The molecule has 4 aromatic rings. The highest BCUT2D eigenvalue weighted by Crippen LogP contribution is 2.39. The maximum Gasteiger partial charge on any atom is 0.415 e. The summed E-state index contributed by atoms with van der Waals surface area (Å²) < 4.78 is 11.1. The van der Waals surface area contributed by atoms with Gasteiger partial charge in [0.2, 0.25) is 0 Å². The Labute approximate surface area is 334 Å². The molecule has 1 aliphatic rings. The van der Waals surface area contributed by atoms with Crippen LogP contribution in [0.25, 0.3) is 0 Å². The minimum Gasteiger partial charge on any atom is -0.483 e. The highest BCUT2D eigenvalue weighted by atomic mass is 35.5. The van der Waals surface area contributed by atoms with Crippen molar-refractivity contribution in [1.82, 2.24) is 10.3 Å². The highest BCUT2D eigenvalue weighted by molar-refractivity contribution is 6.43. The topological polar surface area (TPSA) is 146 Å². The van der Waals surface area contributed by atoms with Gasteiger partial charge in [-0.2, -0.15) is 5.01 Å². The zero-order valence-electron chi connectivity index (χ0n) is 31.1. The van der Waals surface area contributed by atoms with E-state index in [9.17, 15) is 19.2 Å². The molecule has 1 unspecified atom stereocenters.